The molecule has 1 aliphatic heterocycles. The SMILES string of the molecule is O=S(=O)(c1cccc(C(F)(F)F)c1)N1CCN(CCc2ccccc2)CC1. The second kappa shape index (κ2) is 8.00. The maximum absolute atomic E-state index is 12.9. The molecule has 0 radical (unpaired) electrons. The number of nitrogens with zero attached hydrogens (tertiary/aromatic N) is 2. The Bertz CT molecular complexity index is 862. The number of hydrogen-bond acceptors (Lipinski definition) is 3. The van der Waals surface area contributed by atoms with E-state index in [1.807, 2.05) is 30.3 Å². The minimum Gasteiger partial charge on any atom is -0.300 e. The third-order valence-corrected chi connectivity index (χ3v) is 6.58. The summed E-state index contributed by atoms with van der Waals surface area (Å²) in [5, 5.41) is 0. The molecule has 0 atom stereocenters. The molecule has 8 heteroatoms. The number of sulfonamides is 1. The largest absolute Gasteiger partial charge is 0.416 e. The molecule has 0 bridgehead atoms. The van der Waals surface area contributed by atoms with E-state index < -0.39 is 21.8 Å². The molecule has 0 N–H and O–H groups in total. The van der Waals surface area contributed by atoms with Crippen molar-refractivity contribution in [1.82, 2.24) is 9.21 Å². The molecule has 1 aliphatic rings. The standard InChI is InChI=1S/C19H21F3N2O2S/c20-19(21,22)17-7-4-8-18(15-17)27(25,26)24-13-11-23(12-14-24)10-9-16-5-2-1-3-6-16/h1-8,15H,9-14H2. The maximum atomic E-state index is 12.9. The van der Waals surface area contributed by atoms with Gasteiger partial charge in [-0.25, -0.2) is 8.42 Å². The summed E-state index contributed by atoms with van der Waals surface area (Å²) in [6, 6.07) is 13.9. The summed E-state index contributed by atoms with van der Waals surface area (Å²) in [5.74, 6) is 0. The van der Waals surface area contributed by atoms with Crippen molar-refractivity contribution in [3.05, 3.63) is 65.7 Å². The third-order valence-electron chi connectivity index (χ3n) is 4.69. The molecule has 0 aromatic heterocycles. The molecule has 1 fully saturated rings. The van der Waals surface area contributed by atoms with Gasteiger partial charge in [0.05, 0.1) is 10.5 Å². The Balaban J connectivity index is 1.61. The van der Waals surface area contributed by atoms with Crippen LogP contribution in [0, 0.1) is 0 Å². The summed E-state index contributed by atoms with van der Waals surface area (Å²) >= 11 is 0. The van der Waals surface area contributed by atoms with E-state index in [0.717, 1.165) is 25.1 Å². The van der Waals surface area contributed by atoms with Crippen LogP contribution in [0.5, 0.6) is 0 Å². The van der Waals surface area contributed by atoms with E-state index in [-0.39, 0.29) is 18.0 Å². The molecule has 0 aliphatic carbocycles. The number of alkyl halides is 3. The highest BCUT2D eigenvalue weighted by Crippen LogP contribution is 2.31. The van der Waals surface area contributed by atoms with E-state index in [1.54, 1.807) is 0 Å². The summed E-state index contributed by atoms with van der Waals surface area (Å²) < 4.78 is 65.2. The van der Waals surface area contributed by atoms with Crippen LogP contribution in [0.1, 0.15) is 11.1 Å². The van der Waals surface area contributed by atoms with Crippen LogP contribution >= 0.6 is 0 Å². The first-order valence-electron chi connectivity index (χ1n) is 8.70. The number of piperazine rings is 1. The van der Waals surface area contributed by atoms with Crippen molar-refractivity contribution in [3.63, 3.8) is 0 Å². The topological polar surface area (TPSA) is 40.6 Å². The molecule has 2 aromatic rings. The molecule has 0 amide bonds. The second-order valence-corrected chi connectivity index (χ2v) is 8.44. The van der Waals surface area contributed by atoms with Crippen molar-refractivity contribution in [2.24, 2.45) is 0 Å². The highest BCUT2D eigenvalue weighted by Gasteiger charge is 2.33. The van der Waals surface area contributed by atoms with Gasteiger partial charge < -0.3 is 4.90 Å². The van der Waals surface area contributed by atoms with Gasteiger partial charge in [-0.15, -0.1) is 0 Å². The Hall–Kier alpha value is -1.90. The third kappa shape index (κ3) is 4.88. The first-order chi connectivity index (χ1) is 12.8. The van der Waals surface area contributed by atoms with Gasteiger partial charge in [-0.3, -0.25) is 0 Å². The molecule has 1 saturated heterocycles. The fourth-order valence-corrected chi connectivity index (χ4v) is 4.58. The summed E-state index contributed by atoms with van der Waals surface area (Å²) in [6.07, 6.45) is -3.69. The van der Waals surface area contributed by atoms with Crippen molar-refractivity contribution in [2.75, 3.05) is 32.7 Å². The van der Waals surface area contributed by atoms with Gasteiger partial charge in [0.2, 0.25) is 10.0 Å². The number of benzene rings is 2. The normalized spacial score (nSPS) is 17.1. The molecule has 2 aromatic carbocycles. The van der Waals surface area contributed by atoms with Crippen molar-refractivity contribution in [2.45, 2.75) is 17.5 Å². The van der Waals surface area contributed by atoms with Crippen LogP contribution in [0.15, 0.2) is 59.5 Å². The molecule has 0 saturated carbocycles. The van der Waals surface area contributed by atoms with Crippen molar-refractivity contribution in [1.29, 1.82) is 0 Å². The average molecular weight is 398 g/mol. The van der Waals surface area contributed by atoms with Crippen LogP contribution in [0.3, 0.4) is 0 Å². The Labute approximate surface area is 157 Å². The minimum atomic E-state index is -4.57. The lowest BCUT2D eigenvalue weighted by Crippen LogP contribution is -2.49. The zero-order valence-corrected chi connectivity index (χ0v) is 15.5. The van der Waals surface area contributed by atoms with Crippen LogP contribution in [-0.4, -0.2) is 50.3 Å². The zero-order valence-electron chi connectivity index (χ0n) is 14.7. The van der Waals surface area contributed by atoms with Crippen molar-refractivity contribution >= 4 is 10.0 Å². The maximum Gasteiger partial charge on any atom is 0.416 e. The summed E-state index contributed by atoms with van der Waals surface area (Å²) in [5.41, 5.74) is 0.265. The average Bonchev–Trinajstić information content (AvgIpc) is 2.67. The number of hydrogen-bond donors (Lipinski definition) is 0. The van der Waals surface area contributed by atoms with Gasteiger partial charge in [-0.05, 0) is 30.2 Å². The molecular weight excluding hydrogens is 377 g/mol. The Morgan fingerprint density at radius 2 is 1.56 bits per heavy atom. The van der Waals surface area contributed by atoms with Gasteiger partial charge in [0.15, 0.2) is 0 Å². The molecule has 3 rings (SSSR count). The molecule has 1 heterocycles. The molecule has 27 heavy (non-hydrogen) atoms. The van der Waals surface area contributed by atoms with E-state index in [2.05, 4.69) is 4.90 Å². The minimum absolute atomic E-state index is 0.271. The first-order valence-corrected chi connectivity index (χ1v) is 10.1. The van der Waals surface area contributed by atoms with Gasteiger partial charge in [0, 0.05) is 32.7 Å². The lowest BCUT2D eigenvalue weighted by atomic mass is 10.1. The van der Waals surface area contributed by atoms with Gasteiger partial charge >= 0.3 is 6.18 Å². The highest BCUT2D eigenvalue weighted by atomic mass is 32.2. The van der Waals surface area contributed by atoms with Crippen molar-refractivity contribution < 1.29 is 21.6 Å². The lowest BCUT2D eigenvalue weighted by molar-refractivity contribution is -0.137. The van der Waals surface area contributed by atoms with Gasteiger partial charge in [0.25, 0.3) is 0 Å². The molecule has 0 spiro atoms. The molecule has 0 unspecified atom stereocenters. The fraction of sp³-hybridized carbons (Fsp3) is 0.368. The predicted molar refractivity (Wildman–Crippen MR) is 96.8 cm³/mol. The second-order valence-electron chi connectivity index (χ2n) is 6.51. The Kier molecular flexibility index (Phi) is 5.88. The fourth-order valence-electron chi connectivity index (χ4n) is 3.11. The van der Waals surface area contributed by atoms with E-state index in [4.69, 9.17) is 0 Å². The van der Waals surface area contributed by atoms with E-state index in [1.165, 1.54) is 15.9 Å². The Morgan fingerprint density at radius 3 is 2.19 bits per heavy atom. The highest BCUT2D eigenvalue weighted by molar-refractivity contribution is 7.89. The van der Waals surface area contributed by atoms with Crippen LogP contribution in [0.2, 0.25) is 0 Å². The quantitative estimate of drug-likeness (QED) is 0.776. The monoisotopic (exact) mass is 398 g/mol. The molecule has 4 nitrogen and oxygen atoms in total. The summed E-state index contributed by atoms with van der Waals surface area (Å²) in [4.78, 5) is 1.86. The van der Waals surface area contributed by atoms with Gasteiger partial charge in [0.1, 0.15) is 0 Å². The van der Waals surface area contributed by atoms with E-state index >= 15 is 0 Å². The number of halogens is 3. The van der Waals surface area contributed by atoms with Gasteiger partial charge in [-0.1, -0.05) is 36.4 Å². The smallest absolute Gasteiger partial charge is 0.300 e. The first kappa shape index (κ1) is 19.9. The van der Waals surface area contributed by atoms with Crippen molar-refractivity contribution in [3.8, 4) is 0 Å². The zero-order chi connectivity index (χ0) is 19.5. The molecular formula is C19H21F3N2O2S. The predicted octanol–water partition coefficient (Wildman–Crippen LogP) is 3.25. The lowest BCUT2D eigenvalue weighted by Gasteiger charge is -2.34. The number of rotatable bonds is 5. The van der Waals surface area contributed by atoms with E-state index in [9.17, 15) is 21.6 Å². The van der Waals surface area contributed by atoms with Crippen LogP contribution in [0.25, 0.3) is 0 Å². The summed E-state index contributed by atoms with van der Waals surface area (Å²) in [6.45, 7) is 2.48. The summed E-state index contributed by atoms with van der Waals surface area (Å²) in [7, 11) is -3.93. The molecule has 146 valence electrons. The van der Waals surface area contributed by atoms with Crippen LogP contribution < -0.4 is 0 Å². The Morgan fingerprint density at radius 1 is 0.889 bits per heavy atom. The van der Waals surface area contributed by atoms with Crippen LogP contribution in [0.4, 0.5) is 13.2 Å². The van der Waals surface area contributed by atoms with Crippen LogP contribution in [-0.2, 0) is 22.6 Å². The van der Waals surface area contributed by atoms with Gasteiger partial charge in [-0.2, -0.15) is 17.5 Å². The van der Waals surface area contributed by atoms with E-state index in [0.29, 0.717) is 19.2 Å².